The van der Waals surface area contributed by atoms with Crippen molar-refractivity contribution in [3.8, 4) is 0 Å². The minimum atomic E-state index is -3.46. The molecule has 1 saturated heterocycles. The third kappa shape index (κ3) is 2.91. The van der Waals surface area contributed by atoms with E-state index in [1.54, 1.807) is 23.7 Å². The molecule has 3 rings (SSSR count). The lowest BCUT2D eigenvalue weighted by atomic mass is 9.92. The Labute approximate surface area is 130 Å². The highest BCUT2D eigenvalue weighted by Gasteiger charge is 2.31. The molecule has 3 heterocycles. The Morgan fingerprint density at radius 3 is 2.86 bits per heavy atom. The molecule has 0 aromatic carbocycles. The van der Waals surface area contributed by atoms with Crippen molar-refractivity contribution >= 4 is 10.0 Å². The summed E-state index contributed by atoms with van der Waals surface area (Å²) < 4.78 is 28.5. The Balaban J connectivity index is 1.84. The lowest BCUT2D eigenvalue weighted by Crippen LogP contribution is -2.39. The number of aryl methyl sites for hydroxylation is 2. The fraction of sp³-hybridized carbons (Fsp3) is 0.467. The minimum absolute atomic E-state index is 0.224. The van der Waals surface area contributed by atoms with Crippen LogP contribution in [0, 0.1) is 6.92 Å². The molecular formula is C15H20N4O2S. The summed E-state index contributed by atoms with van der Waals surface area (Å²) in [6.07, 6.45) is 6.62. The van der Waals surface area contributed by atoms with E-state index in [1.165, 1.54) is 16.4 Å². The summed E-state index contributed by atoms with van der Waals surface area (Å²) in [5.41, 5.74) is 2.13. The summed E-state index contributed by atoms with van der Waals surface area (Å²) in [6.45, 7) is 3.04. The summed E-state index contributed by atoms with van der Waals surface area (Å²) in [5.74, 6) is 0.224. The first-order valence-corrected chi connectivity index (χ1v) is 8.82. The number of piperidine rings is 1. The highest BCUT2D eigenvalue weighted by atomic mass is 32.2. The first-order valence-electron chi connectivity index (χ1n) is 7.38. The van der Waals surface area contributed by atoms with Crippen molar-refractivity contribution in [3.05, 3.63) is 42.0 Å². The second-order valence-electron chi connectivity index (χ2n) is 5.78. The van der Waals surface area contributed by atoms with Crippen LogP contribution in [0.15, 0.2) is 35.6 Å². The summed E-state index contributed by atoms with van der Waals surface area (Å²) in [4.78, 5) is 4.48. The van der Waals surface area contributed by atoms with Crippen LogP contribution >= 0.6 is 0 Å². The van der Waals surface area contributed by atoms with Crippen LogP contribution in [0.5, 0.6) is 0 Å². The third-order valence-electron chi connectivity index (χ3n) is 4.10. The first-order chi connectivity index (χ1) is 10.5. The topological polar surface area (TPSA) is 68.1 Å². The third-order valence-corrected chi connectivity index (χ3v) is 5.91. The second-order valence-corrected chi connectivity index (χ2v) is 7.72. The van der Waals surface area contributed by atoms with Crippen molar-refractivity contribution in [3.63, 3.8) is 0 Å². The fourth-order valence-corrected chi connectivity index (χ4v) is 4.45. The van der Waals surface area contributed by atoms with Gasteiger partial charge in [0, 0.05) is 38.2 Å². The molecule has 2 aromatic rings. The van der Waals surface area contributed by atoms with Gasteiger partial charge >= 0.3 is 0 Å². The minimum Gasteiger partial charge on any atom is -0.274 e. The zero-order valence-electron chi connectivity index (χ0n) is 12.8. The molecule has 22 heavy (non-hydrogen) atoms. The zero-order valence-corrected chi connectivity index (χ0v) is 13.6. The molecule has 0 N–H and O–H groups in total. The molecule has 0 aliphatic carbocycles. The fourth-order valence-electron chi connectivity index (χ4n) is 2.94. The molecule has 0 saturated carbocycles. The molecule has 118 valence electrons. The number of pyridine rings is 1. The largest absolute Gasteiger partial charge is 0.274 e. The van der Waals surface area contributed by atoms with E-state index in [-0.39, 0.29) is 10.8 Å². The van der Waals surface area contributed by atoms with Gasteiger partial charge in [0.2, 0.25) is 10.0 Å². The van der Waals surface area contributed by atoms with Crippen molar-refractivity contribution in [2.24, 2.45) is 7.05 Å². The lowest BCUT2D eigenvalue weighted by Gasteiger charge is -2.31. The Morgan fingerprint density at radius 1 is 1.36 bits per heavy atom. The molecule has 0 radical (unpaired) electrons. The molecule has 1 aliphatic heterocycles. The SMILES string of the molecule is Cc1cc([C@@H]2CCCN(S(=O)(=O)c3cnn(C)c3)C2)ccn1. The van der Waals surface area contributed by atoms with E-state index < -0.39 is 10.0 Å². The van der Waals surface area contributed by atoms with E-state index in [9.17, 15) is 8.42 Å². The molecule has 1 aliphatic rings. The number of rotatable bonds is 3. The van der Waals surface area contributed by atoms with Crippen LogP contribution in [0.1, 0.15) is 30.0 Å². The molecule has 0 bridgehead atoms. The van der Waals surface area contributed by atoms with Crippen LogP contribution in [0.2, 0.25) is 0 Å². The van der Waals surface area contributed by atoms with E-state index in [4.69, 9.17) is 0 Å². The average Bonchev–Trinajstić information content (AvgIpc) is 2.95. The van der Waals surface area contributed by atoms with Crippen LogP contribution in [0.3, 0.4) is 0 Å². The maximum atomic E-state index is 12.7. The summed E-state index contributed by atoms with van der Waals surface area (Å²) in [6, 6.07) is 4.03. The first kappa shape index (κ1) is 15.2. The predicted molar refractivity (Wildman–Crippen MR) is 82.9 cm³/mol. The molecule has 6 nitrogen and oxygen atoms in total. The highest BCUT2D eigenvalue weighted by Crippen LogP contribution is 2.30. The molecule has 0 amide bonds. The number of sulfonamides is 1. The maximum absolute atomic E-state index is 12.7. The van der Waals surface area contributed by atoms with Crippen LogP contribution in [0.25, 0.3) is 0 Å². The summed E-state index contributed by atoms with van der Waals surface area (Å²) in [7, 11) is -1.74. The van der Waals surface area contributed by atoms with Gasteiger partial charge in [-0.3, -0.25) is 9.67 Å². The van der Waals surface area contributed by atoms with Crippen LogP contribution in [-0.4, -0.2) is 40.6 Å². The Bertz CT molecular complexity index is 769. The van der Waals surface area contributed by atoms with Crippen molar-refractivity contribution in [1.82, 2.24) is 19.1 Å². The maximum Gasteiger partial charge on any atom is 0.246 e. The predicted octanol–water partition coefficient (Wildman–Crippen LogP) is 1.69. The van der Waals surface area contributed by atoms with Crippen LogP contribution < -0.4 is 0 Å². The van der Waals surface area contributed by atoms with Gasteiger partial charge in [-0.25, -0.2) is 8.42 Å². The van der Waals surface area contributed by atoms with Crippen LogP contribution in [0.4, 0.5) is 0 Å². The van der Waals surface area contributed by atoms with Crippen molar-refractivity contribution in [2.75, 3.05) is 13.1 Å². The number of hydrogen-bond acceptors (Lipinski definition) is 4. The van der Waals surface area contributed by atoms with Gasteiger partial charge in [0.1, 0.15) is 4.90 Å². The van der Waals surface area contributed by atoms with E-state index in [0.29, 0.717) is 13.1 Å². The Morgan fingerprint density at radius 2 is 2.18 bits per heavy atom. The van der Waals surface area contributed by atoms with Gasteiger partial charge in [-0.15, -0.1) is 0 Å². The molecule has 2 aromatic heterocycles. The molecule has 1 atom stereocenters. The van der Waals surface area contributed by atoms with E-state index in [2.05, 4.69) is 10.1 Å². The standard InChI is InChI=1S/C15H20N4O2S/c1-12-8-13(5-6-16-12)14-4-3-7-19(10-14)22(20,21)15-9-17-18(2)11-15/h5-6,8-9,11,14H,3-4,7,10H2,1-2H3/t14-/m1/s1. The van der Waals surface area contributed by atoms with Crippen molar-refractivity contribution in [1.29, 1.82) is 0 Å². The Kier molecular flexibility index (Phi) is 4.01. The van der Waals surface area contributed by atoms with E-state index >= 15 is 0 Å². The van der Waals surface area contributed by atoms with Gasteiger partial charge in [-0.2, -0.15) is 9.40 Å². The van der Waals surface area contributed by atoms with Gasteiger partial charge in [0.15, 0.2) is 0 Å². The van der Waals surface area contributed by atoms with Gasteiger partial charge in [-0.05, 0) is 43.4 Å². The Hall–Kier alpha value is -1.73. The van der Waals surface area contributed by atoms with Gasteiger partial charge in [0.05, 0.1) is 6.20 Å². The molecule has 1 fully saturated rings. The van der Waals surface area contributed by atoms with Gasteiger partial charge < -0.3 is 0 Å². The van der Waals surface area contributed by atoms with Crippen molar-refractivity contribution in [2.45, 2.75) is 30.6 Å². The smallest absolute Gasteiger partial charge is 0.246 e. The second kappa shape index (κ2) is 5.81. The van der Waals surface area contributed by atoms with Gasteiger partial charge in [-0.1, -0.05) is 0 Å². The number of aromatic nitrogens is 3. The van der Waals surface area contributed by atoms with E-state index in [1.807, 2.05) is 19.1 Å². The summed E-state index contributed by atoms with van der Waals surface area (Å²) in [5, 5.41) is 3.97. The summed E-state index contributed by atoms with van der Waals surface area (Å²) >= 11 is 0. The van der Waals surface area contributed by atoms with Gasteiger partial charge in [0.25, 0.3) is 0 Å². The molecule has 7 heteroatoms. The van der Waals surface area contributed by atoms with Crippen LogP contribution in [-0.2, 0) is 17.1 Å². The van der Waals surface area contributed by atoms with E-state index in [0.717, 1.165) is 18.5 Å². The monoisotopic (exact) mass is 320 g/mol. The molecule has 0 unspecified atom stereocenters. The zero-order chi connectivity index (χ0) is 15.7. The van der Waals surface area contributed by atoms with Crippen molar-refractivity contribution < 1.29 is 8.42 Å². The molecular weight excluding hydrogens is 300 g/mol. The number of nitrogens with zero attached hydrogens (tertiary/aromatic N) is 4. The quantitative estimate of drug-likeness (QED) is 0.863. The average molecular weight is 320 g/mol. The highest BCUT2D eigenvalue weighted by molar-refractivity contribution is 7.89. The molecule has 0 spiro atoms. The lowest BCUT2D eigenvalue weighted by molar-refractivity contribution is 0.315. The normalized spacial score (nSPS) is 20.2. The number of hydrogen-bond donors (Lipinski definition) is 0.